The zero-order valence-electron chi connectivity index (χ0n) is 16.9. The van der Waals surface area contributed by atoms with Gasteiger partial charge in [0.1, 0.15) is 6.04 Å². The number of nitriles is 1. The maximum Gasteiger partial charge on any atom is 0.416 e. The summed E-state index contributed by atoms with van der Waals surface area (Å²) in [6, 6.07) is 12.8. The van der Waals surface area contributed by atoms with Crippen molar-refractivity contribution in [1.29, 1.82) is 5.26 Å². The second-order valence-electron chi connectivity index (χ2n) is 6.63. The first-order valence-corrected chi connectivity index (χ1v) is 10.3. The molecule has 0 aliphatic carbocycles. The number of hydrogen-bond acceptors (Lipinski definition) is 6. The molecule has 2 aromatic rings. The predicted molar refractivity (Wildman–Crippen MR) is 113 cm³/mol. The molecule has 0 aromatic heterocycles. The second-order valence-corrected chi connectivity index (χ2v) is 7.40. The lowest BCUT2D eigenvalue weighted by atomic mass is 9.95. The molecule has 0 spiro atoms. The van der Waals surface area contributed by atoms with Crippen LogP contribution in [0.3, 0.4) is 0 Å². The van der Waals surface area contributed by atoms with Crippen molar-refractivity contribution in [3.63, 3.8) is 0 Å². The zero-order valence-corrected chi connectivity index (χ0v) is 17.7. The molecule has 9 heteroatoms. The van der Waals surface area contributed by atoms with Gasteiger partial charge in [-0.3, -0.25) is 4.90 Å². The number of carbonyl (C=O) groups excluding carboxylic acids is 1. The number of anilines is 1. The summed E-state index contributed by atoms with van der Waals surface area (Å²) in [5.74, 6) is -0.632. The molecule has 31 heavy (non-hydrogen) atoms. The summed E-state index contributed by atoms with van der Waals surface area (Å²) in [6.07, 6.45) is -2.75. The van der Waals surface area contributed by atoms with Crippen molar-refractivity contribution < 1.29 is 22.7 Å². The maximum absolute atomic E-state index is 13.3. The van der Waals surface area contributed by atoms with Crippen molar-refractivity contribution >= 4 is 28.6 Å². The highest BCUT2D eigenvalue weighted by Crippen LogP contribution is 2.40. The fourth-order valence-corrected chi connectivity index (χ4v) is 3.95. The lowest BCUT2D eigenvalue weighted by Gasteiger charge is -2.34. The Morgan fingerprint density at radius 3 is 2.45 bits per heavy atom. The molecule has 160 valence electrons. The molecule has 0 saturated carbocycles. The average Bonchev–Trinajstić information content (AvgIpc) is 2.77. The molecular formula is C22H18F3N3O2S. The highest BCUT2D eigenvalue weighted by Gasteiger charge is 2.36. The van der Waals surface area contributed by atoms with Gasteiger partial charge in [-0.15, -0.1) is 0 Å². The minimum absolute atomic E-state index is 0.211. The number of rotatable bonds is 3. The molecule has 0 saturated heterocycles. The third kappa shape index (κ3) is 4.44. The van der Waals surface area contributed by atoms with Crippen LogP contribution in [0.25, 0.3) is 0 Å². The van der Waals surface area contributed by atoms with E-state index in [1.807, 2.05) is 6.07 Å². The van der Waals surface area contributed by atoms with Crippen molar-refractivity contribution in [1.82, 2.24) is 0 Å². The number of aliphatic imine (C=N–C) groups is 1. The summed E-state index contributed by atoms with van der Waals surface area (Å²) in [5.41, 5.74) is 1.18. The Kier molecular flexibility index (Phi) is 6.41. The maximum atomic E-state index is 13.3. The van der Waals surface area contributed by atoms with Crippen LogP contribution >= 0.6 is 11.8 Å². The summed E-state index contributed by atoms with van der Waals surface area (Å²) in [5, 5.41) is 9.46. The van der Waals surface area contributed by atoms with Crippen LogP contribution in [0.2, 0.25) is 0 Å². The van der Waals surface area contributed by atoms with E-state index in [-0.39, 0.29) is 11.3 Å². The molecule has 0 amide bonds. The fourth-order valence-electron chi connectivity index (χ4n) is 3.31. The van der Waals surface area contributed by atoms with Crippen LogP contribution in [0.1, 0.15) is 29.7 Å². The van der Waals surface area contributed by atoms with Gasteiger partial charge in [-0.05, 0) is 49.1 Å². The number of alkyl halides is 3. The number of esters is 1. The van der Waals surface area contributed by atoms with E-state index in [9.17, 15) is 18.0 Å². The topological polar surface area (TPSA) is 65.7 Å². The smallest absolute Gasteiger partial charge is 0.416 e. The van der Waals surface area contributed by atoms with E-state index in [1.54, 1.807) is 37.4 Å². The predicted octanol–water partition coefficient (Wildman–Crippen LogP) is 5.30. The molecule has 5 nitrogen and oxygen atoms in total. The second kappa shape index (κ2) is 8.86. The summed E-state index contributed by atoms with van der Waals surface area (Å²) >= 11 is 1.25. The van der Waals surface area contributed by atoms with Crippen molar-refractivity contribution in [2.75, 3.05) is 18.3 Å². The number of nitrogens with zero attached hydrogens (tertiary/aromatic N) is 3. The third-order valence-electron chi connectivity index (χ3n) is 4.80. The number of hydrogen-bond donors (Lipinski definition) is 0. The number of amidine groups is 1. The van der Waals surface area contributed by atoms with Crippen LogP contribution in [0, 0.1) is 11.3 Å². The summed E-state index contributed by atoms with van der Waals surface area (Å²) in [6.45, 7) is 1.65. The molecule has 2 aromatic carbocycles. The number of carbonyl (C=O) groups is 1. The number of thioether (sulfide) groups is 1. The number of benzene rings is 2. The molecular weight excluding hydrogens is 427 g/mol. The van der Waals surface area contributed by atoms with E-state index in [4.69, 9.17) is 10.00 Å². The highest BCUT2D eigenvalue weighted by molar-refractivity contribution is 8.13. The van der Waals surface area contributed by atoms with Crippen molar-refractivity contribution in [2.24, 2.45) is 4.99 Å². The van der Waals surface area contributed by atoms with Crippen LogP contribution in [-0.2, 0) is 15.7 Å². The van der Waals surface area contributed by atoms with Gasteiger partial charge in [0.05, 0.1) is 29.9 Å². The first kappa shape index (κ1) is 22.4. The molecule has 3 rings (SSSR count). The minimum atomic E-state index is -4.50. The number of halogens is 3. The Hall–Kier alpha value is -3.25. The SMILES string of the molecule is COC(=O)C1=C(C)N(c2cccc(C(F)(F)F)c2)C(SC)=NC1c1ccc(C#N)cc1. The van der Waals surface area contributed by atoms with Gasteiger partial charge in [0.15, 0.2) is 5.17 Å². The summed E-state index contributed by atoms with van der Waals surface area (Å²) < 4.78 is 44.7. The monoisotopic (exact) mass is 445 g/mol. The molecule has 0 radical (unpaired) electrons. The molecule has 1 aliphatic heterocycles. The van der Waals surface area contributed by atoms with Gasteiger partial charge >= 0.3 is 12.1 Å². The molecule has 0 bridgehead atoms. The Morgan fingerprint density at radius 1 is 1.23 bits per heavy atom. The highest BCUT2D eigenvalue weighted by atomic mass is 32.2. The Bertz CT molecular complexity index is 1100. The standard InChI is InChI=1S/C22H18F3N3O2S/c1-13-18(20(29)30-2)19(15-9-7-14(12-26)8-10-15)27-21(31-3)28(13)17-6-4-5-16(11-17)22(23,24)25/h4-11,19H,1-3H3. The minimum Gasteiger partial charge on any atom is -0.466 e. The van der Waals surface area contributed by atoms with E-state index in [2.05, 4.69) is 4.99 Å². The molecule has 1 aliphatic rings. The lowest BCUT2D eigenvalue weighted by Crippen LogP contribution is -2.35. The third-order valence-corrected chi connectivity index (χ3v) is 5.46. The van der Waals surface area contributed by atoms with Crippen LogP contribution in [0.4, 0.5) is 18.9 Å². The van der Waals surface area contributed by atoms with Gasteiger partial charge in [0, 0.05) is 11.4 Å². The average molecular weight is 445 g/mol. The summed E-state index contributed by atoms with van der Waals surface area (Å²) in [4.78, 5) is 18.8. The summed E-state index contributed by atoms with van der Waals surface area (Å²) in [7, 11) is 1.24. The van der Waals surface area contributed by atoms with Gasteiger partial charge in [-0.25, -0.2) is 9.79 Å². The Labute approximate surface area is 181 Å². The lowest BCUT2D eigenvalue weighted by molar-refractivity contribution is -0.138. The number of methoxy groups -OCH3 is 1. The van der Waals surface area contributed by atoms with Crippen LogP contribution in [0.15, 0.2) is 64.8 Å². The molecule has 1 unspecified atom stereocenters. The van der Waals surface area contributed by atoms with Gasteiger partial charge < -0.3 is 4.74 Å². The molecule has 0 fully saturated rings. The van der Waals surface area contributed by atoms with Crippen LogP contribution in [0.5, 0.6) is 0 Å². The molecule has 1 heterocycles. The zero-order chi connectivity index (χ0) is 22.8. The van der Waals surface area contributed by atoms with Gasteiger partial charge in [-0.2, -0.15) is 18.4 Å². The Morgan fingerprint density at radius 2 is 1.90 bits per heavy atom. The number of ether oxygens (including phenoxy) is 1. The van der Waals surface area contributed by atoms with Crippen molar-refractivity contribution in [3.8, 4) is 6.07 Å². The fraction of sp³-hybridized carbons (Fsp3) is 0.227. The first-order chi connectivity index (χ1) is 14.7. The van der Waals surface area contributed by atoms with E-state index in [0.29, 0.717) is 22.0 Å². The van der Waals surface area contributed by atoms with Gasteiger partial charge in [-0.1, -0.05) is 30.0 Å². The van der Waals surface area contributed by atoms with E-state index in [0.717, 1.165) is 12.1 Å². The molecule has 1 atom stereocenters. The van der Waals surface area contributed by atoms with Gasteiger partial charge in [0.25, 0.3) is 0 Å². The van der Waals surface area contributed by atoms with Crippen LogP contribution in [-0.4, -0.2) is 24.5 Å². The van der Waals surface area contributed by atoms with E-state index in [1.165, 1.54) is 35.9 Å². The number of allylic oxidation sites excluding steroid dienone is 1. The molecule has 0 N–H and O–H groups in total. The van der Waals surface area contributed by atoms with Crippen molar-refractivity contribution in [3.05, 3.63) is 76.5 Å². The van der Waals surface area contributed by atoms with E-state index >= 15 is 0 Å². The van der Waals surface area contributed by atoms with Crippen molar-refractivity contribution in [2.45, 2.75) is 19.1 Å². The van der Waals surface area contributed by atoms with E-state index < -0.39 is 23.8 Å². The van der Waals surface area contributed by atoms with Gasteiger partial charge in [0.2, 0.25) is 0 Å². The quantitative estimate of drug-likeness (QED) is 0.600. The van der Waals surface area contributed by atoms with Crippen LogP contribution < -0.4 is 4.90 Å². The first-order valence-electron chi connectivity index (χ1n) is 9.09. The largest absolute Gasteiger partial charge is 0.466 e. The Balaban J connectivity index is 2.17. The normalized spacial score (nSPS) is 16.6.